The zero-order valence-electron chi connectivity index (χ0n) is 5.49. The van der Waals surface area contributed by atoms with Gasteiger partial charge in [-0.25, -0.2) is 18.2 Å². The Hall–Kier alpha value is -0.480. The van der Waals surface area contributed by atoms with Gasteiger partial charge in [0.2, 0.25) is 0 Å². The van der Waals surface area contributed by atoms with Crippen LogP contribution in [-0.4, -0.2) is 4.98 Å². The van der Waals surface area contributed by atoms with Crippen molar-refractivity contribution < 1.29 is 13.2 Å². The van der Waals surface area contributed by atoms with Crippen LogP contribution in [0.3, 0.4) is 0 Å². The number of hydrogen-bond acceptors (Lipinski definition) is 1. The molecule has 1 aromatic heterocycles. The van der Waals surface area contributed by atoms with E-state index in [0.717, 1.165) is 6.07 Å². The first-order chi connectivity index (χ1) is 5.52. The first kappa shape index (κ1) is 9.61. The van der Waals surface area contributed by atoms with Crippen LogP contribution < -0.4 is 0 Å². The van der Waals surface area contributed by atoms with Crippen LogP contribution in [0, 0.1) is 5.82 Å². The molecule has 1 nitrogen and oxygen atoms in total. The predicted molar refractivity (Wildman–Crippen MR) is 39.2 cm³/mol. The lowest BCUT2D eigenvalue weighted by Crippen LogP contribution is -1.93. The van der Waals surface area contributed by atoms with Gasteiger partial charge in [0.05, 0.1) is 5.02 Å². The first-order valence-corrected chi connectivity index (χ1v) is 3.57. The van der Waals surface area contributed by atoms with Gasteiger partial charge in [-0.1, -0.05) is 23.2 Å². The first-order valence-electron chi connectivity index (χ1n) is 2.82. The molecule has 66 valence electrons. The third-order valence-electron chi connectivity index (χ3n) is 1.12. The average molecular weight is 216 g/mol. The van der Waals surface area contributed by atoms with Gasteiger partial charge in [0, 0.05) is 0 Å². The Morgan fingerprint density at radius 2 is 1.92 bits per heavy atom. The van der Waals surface area contributed by atoms with Crippen molar-refractivity contribution in [3.8, 4) is 0 Å². The summed E-state index contributed by atoms with van der Waals surface area (Å²) in [4.78, 5) is 3.09. The van der Waals surface area contributed by atoms with Gasteiger partial charge in [0.1, 0.15) is 5.69 Å². The van der Waals surface area contributed by atoms with E-state index in [1.807, 2.05) is 0 Å². The molecular formula is C6H2Cl2F3N. The highest BCUT2D eigenvalue weighted by Crippen LogP contribution is 2.26. The number of hydrogen-bond donors (Lipinski definition) is 0. The Morgan fingerprint density at radius 1 is 1.33 bits per heavy atom. The van der Waals surface area contributed by atoms with Crippen molar-refractivity contribution in [3.05, 3.63) is 27.8 Å². The molecule has 0 atom stereocenters. The summed E-state index contributed by atoms with van der Waals surface area (Å²) in [5.74, 6) is -0.984. The molecule has 0 aromatic carbocycles. The second-order valence-electron chi connectivity index (χ2n) is 1.93. The summed E-state index contributed by atoms with van der Waals surface area (Å²) >= 11 is 10.4. The van der Waals surface area contributed by atoms with Crippen molar-refractivity contribution in [3.63, 3.8) is 0 Å². The Kier molecular flexibility index (Phi) is 2.80. The normalized spacial score (nSPS) is 10.8. The van der Waals surface area contributed by atoms with Crippen LogP contribution in [0.15, 0.2) is 6.07 Å². The van der Waals surface area contributed by atoms with Gasteiger partial charge >= 0.3 is 0 Å². The van der Waals surface area contributed by atoms with Crippen molar-refractivity contribution in [2.45, 2.75) is 6.43 Å². The number of alkyl halides is 2. The second-order valence-corrected chi connectivity index (χ2v) is 2.70. The van der Waals surface area contributed by atoms with Gasteiger partial charge in [-0.2, -0.15) is 0 Å². The van der Waals surface area contributed by atoms with Crippen LogP contribution in [0.1, 0.15) is 12.1 Å². The summed E-state index contributed by atoms with van der Waals surface area (Å²) in [7, 11) is 0. The molecule has 6 heteroatoms. The quantitative estimate of drug-likeness (QED) is 0.655. The molecule has 0 bridgehead atoms. The van der Waals surface area contributed by atoms with Crippen LogP contribution in [0.5, 0.6) is 0 Å². The standard InChI is InChI=1S/C6H2Cl2F3N/c7-2-1-3(6(10)11)12-5(8)4(2)9/h1,6H. The lowest BCUT2D eigenvalue weighted by molar-refractivity contribution is 0.146. The van der Waals surface area contributed by atoms with Gasteiger partial charge in [-0.15, -0.1) is 0 Å². The maximum atomic E-state index is 12.6. The maximum Gasteiger partial charge on any atom is 0.280 e. The van der Waals surface area contributed by atoms with Crippen LogP contribution in [0.2, 0.25) is 10.2 Å². The molecule has 0 unspecified atom stereocenters. The van der Waals surface area contributed by atoms with E-state index in [2.05, 4.69) is 4.98 Å². The Morgan fingerprint density at radius 3 is 2.33 bits per heavy atom. The molecule has 1 aromatic rings. The minimum Gasteiger partial charge on any atom is -0.232 e. The van der Waals surface area contributed by atoms with Crippen LogP contribution in [0.25, 0.3) is 0 Å². The average Bonchev–Trinajstić information content (AvgIpc) is 1.99. The minimum atomic E-state index is -2.80. The second kappa shape index (κ2) is 3.49. The molecule has 12 heavy (non-hydrogen) atoms. The predicted octanol–water partition coefficient (Wildman–Crippen LogP) is 3.47. The fraction of sp³-hybridized carbons (Fsp3) is 0.167. The van der Waals surface area contributed by atoms with Gasteiger partial charge in [-0.05, 0) is 6.07 Å². The van der Waals surface area contributed by atoms with Crippen molar-refractivity contribution >= 4 is 23.2 Å². The Bertz CT molecular complexity index is 280. The molecule has 1 rings (SSSR count). The SMILES string of the molecule is Fc1c(Cl)cc(C(F)F)nc1Cl. The third-order valence-corrected chi connectivity index (χ3v) is 1.64. The summed E-state index contributed by atoms with van der Waals surface area (Å²) in [5.41, 5.74) is -0.633. The molecule has 0 N–H and O–H groups in total. The van der Waals surface area contributed by atoms with E-state index >= 15 is 0 Å². The fourth-order valence-electron chi connectivity index (χ4n) is 0.598. The summed E-state index contributed by atoms with van der Waals surface area (Å²) < 4.78 is 36.5. The zero-order valence-corrected chi connectivity index (χ0v) is 7.00. The minimum absolute atomic E-state index is 0.453. The summed E-state index contributed by atoms with van der Waals surface area (Å²) in [6.07, 6.45) is -2.80. The van der Waals surface area contributed by atoms with E-state index in [-0.39, 0.29) is 0 Å². The Balaban J connectivity index is 3.21. The lowest BCUT2D eigenvalue weighted by Gasteiger charge is -2.01. The number of rotatable bonds is 1. The highest BCUT2D eigenvalue weighted by Gasteiger charge is 2.15. The zero-order chi connectivity index (χ0) is 9.30. The monoisotopic (exact) mass is 215 g/mol. The molecular weight excluding hydrogens is 214 g/mol. The molecule has 0 aliphatic heterocycles. The van der Waals surface area contributed by atoms with Crippen LogP contribution in [-0.2, 0) is 0 Å². The molecule has 0 saturated heterocycles. The highest BCUT2D eigenvalue weighted by atomic mass is 35.5. The van der Waals surface area contributed by atoms with Crippen molar-refractivity contribution in [2.24, 2.45) is 0 Å². The van der Waals surface area contributed by atoms with E-state index in [9.17, 15) is 13.2 Å². The van der Waals surface area contributed by atoms with Crippen LogP contribution >= 0.6 is 23.2 Å². The number of halogens is 5. The number of aromatic nitrogens is 1. The molecule has 0 radical (unpaired) electrons. The summed E-state index contributed by atoms with van der Waals surface area (Å²) in [6.45, 7) is 0. The van der Waals surface area contributed by atoms with Crippen molar-refractivity contribution in [1.82, 2.24) is 4.98 Å². The summed E-state index contributed by atoms with van der Waals surface area (Å²) in [6, 6.07) is 0.743. The molecule has 0 saturated carbocycles. The van der Waals surface area contributed by atoms with E-state index in [1.54, 1.807) is 0 Å². The number of pyridine rings is 1. The van der Waals surface area contributed by atoms with Gasteiger partial charge in [0.15, 0.2) is 11.0 Å². The van der Waals surface area contributed by atoms with Gasteiger partial charge < -0.3 is 0 Å². The smallest absolute Gasteiger partial charge is 0.232 e. The van der Waals surface area contributed by atoms with Crippen molar-refractivity contribution in [1.29, 1.82) is 0 Å². The molecule has 0 amide bonds. The molecule has 0 aliphatic carbocycles. The van der Waals surface area contributed by atoms with E-state index < -0.39 is 28.1 Å². The van der Waals surface area contributed by atoms with E-state index in [0.29, 0.717) is 0 Å². The van der Waals surface area contributed by atoms with E-state index in [1.165, 1.54) is 0 Å². The molecule has 0 fully saturated rings. The molecule has 1 heterocycles. The fourth-order valence-corrected chi connectivity index (χ4v) is 1.05. The maximum absolute atomic E-state index is 12.6. The molecule has 0 spiro atoms. The topological polar surface area (TPSA) is 12.9 Å². The van der Waals surface area contributed by atoms with Crippen LogP contribution in [0.4, 0.5) is 13.2 Å². The van der Waals surface area contributed by atoms with Gasteiger partial charge in [-0.3, -0.25) is 0 Å². The van der Waals surface area contributed by atoms with E-state index in [4.69, 9.17) is 23.2 Å². The highest BCUT2D eigenvalue weighted by molar-refractivity contribution is 6.34. The largest absolute Gasteiger partial charge is 0.280 e. The lowest BCUT2D eigenvalue weighted by atomic mass is 10.3. The van der Waals surface area contributed by atoms with Crippen molar-refractivity contribution in [2.75, 3.05) is 0 Å². The summed E-state index contributed by atoms with van der Waals surface area (Å²) in [5, 5.41) is -1.09. The number of nitrogens with zero attached hydrogens (tertiary/aromatic N) is 1. The third kappa shape index (κ3) is 1.81. The molecule has 0 aliphatic rings. The Labute approximate surface area is 76.1 Å². The van der Waals surface area contributed by atoms with Gasteiger partial charge in [0.25, 0.3) is 6.43 Å².